The summed E-state index contributed by atoms with van der Waals surface area (Å²) in [4.78, 5) is 72.5. The molecule has 0 saturated heterocycles. The number of ether oxygens (including phenoxy) is 3. The molecule has 1 saturated carbocycles. The highest BCUT2D eigenvalue weighted by atomic mass is 16.6. The third kappa shape index (κ3) is 9.46. The lowest BCUT2D eigenvalue weighted by Crippen LogP contribution is -2.45. The molecule has 4 rings (SSSR count). The number of nitrogens with zero attached hydrogens (tertiary/aromatic N) is 4. The van der Waals surface area contributed by atoms with Crippen molar-refractivity contribution in [2.45, 2.75) is 76.7 Å². The second-order valence-corrected chi connectivity index (χ2v) is 10.8. The maximum atomic E-state index is 13.3. The number of imidazole rings is 1. The number of hydrogen-bond acceptors (Lipinski definition) is 11. The van der Waals surface area contributed by atoms with Crippen molar-refractivity contribution in [3.8, 4) is 0 Å². The van der Waals surface area contributed by atoms with E-state index in [-0.39, 0.29) is 74.9 Å². The first-order valence-electron chi connectivity index (χ1n) is 14.6. The highest BCUT2D eigenvalue weighted by Crippen LogP contribution is 2.25. The van der Waals surface area contributed by atoms with Crippen LogP contribution in [0.3, 0.4) is 0 Å². The van der Waals surface area contributed by atoms with Crippen LogP contribution in [0, 0.1) is 0 Å². The van der Waals surface area contributed by atoms with Crippen LogP contribution in [-0.2, 0) is 41.7 Å². The lowest BCUT2D eigenvalue weighted by Gasteiger charge is -2.26. The number of benzene rings is 1. The Morgan fingerprint density at radius 1 is 1.11 bits per heavy atom. The molecular weight excluding hydrogens is 572 g/mol. The lowest BCUT2D eigenvalue weighted by atomic mass is 9.98. The number of methoxy groups -OCH3 is 1. The summed E-state index contributed by atoms with van der Waals surface area (Å²) in [6.45, 7) is -0.678. The first-order valence-corrected chi connectivity index (χ1v) is 14.6. The van der Waals surface area contributed by atoms with Crippen LogP contribution >= 0.6 is 0 Å². The maximum absolute atomic E-state index is 13.3. The molecule has 1 unspecified atom stereocenters. The number of Topliss-reactive ketones (excluding diaryl/α,β-unsaturated/α-hetero) is 1. The number of carbonyl (C=O) groups excluding carboxylic acids is 5. The van der Waals surface area contributed by atoms with Gasteiger partial charge in [-0.2, -0.15) is 0 Å². The van der Waals surface area contributed by atoms with Crippen LogP contribution < -0.4 is 11.1 Å². The molecule has 14 nitrogen and oxygen atoms in total. The van der Waals surface area contributed by atoms with Gasteiger partial charge in [0.05, 0.1) is 19.9 Å². The van der Waals surface area contributed by atoms with Crippen molar-refractivity contribution in [1.29, 1.82) is 0 Å². The fourth-order valence-corrected chi connectivity index (χ4v) is 4.98. The van der Waals surface area contributed by atoms with E-state index in [2.05, 4.69) is 15.3 Å². The highest BCUT2D eigenvalue weighted by molar-refractivity contribution is 6.16. The summed E-state index contributed by atoms with van der Waals surface area (Å²) in [6.07, 6.45) is 5.55. The van der Waals surface area contributed by atoms with Gasteiger partial charge in [0.2, 0.25) is 5.91 Å². The number of rotatable bonds is 12. The smallest absolute Gasteiger partial charge is 0.412 e. The van der Waals surface area contributed by atoms with Crippen LogP contribution in [-0.4, -0.2) is 82.4 Å². The summed E-state index contributed by atoms with van der Waals surface area (Å²) in [5.41, 5.74) is 7.09. The van der Waals surface area contributed by atoms with Crippen LogP contribution in [0.4, 0.5) is 10.6 Å². The van der Waals surface area contributed by atoms with Gasteiger partial charge in [-0.1, -0.05) is 36.8 Å². The summed E-state index contributed by atoms with van der Waals surface area (Å²) >= 11 is 0. The van der Waals surface area contributed by atoms with E-state index in [1.54, 1.807) is 12.1 Å². The largest absolute Gasteiger partial charge is 0.468 e. The van der Waals surface area contributed by atoms with E-state index in [0.29, 0.717) is 0 Å². The quantitative estimate of drug-likeness (QED) is 0.267. The van der Waals surface area contributed by atoms with Crippen molar-refractivity contribution in [2.75, 3.05) is 20.2 Å². The first-order chi connectivity index (χ1) is 21.2. The van der Waals surface area contributed by atoms with Crippen molar-refractivity contribution >= 4 is 41.4 Å². The number of carbonyl (C=O) groups is 5. The van der Waals surface area contributed by atoms with E-state index in [9.17, 15) is 24.0 Å². The SMILES string of the molecule is COC(=O)CN(CC(N)CCC(=O)OC1CCCCC1)C(=O)Cn1cnc2c1N=C(NC(=O)OCc1ccccc1)CC2=O. The average molecular weight is 611 g/mol. The van der Waals surface area contributed by atoms with Gasteiger partial charge >= 0.3 is 18.0 Å². The lowest BCUT2D eigenvalue weighted by molar-refractivity contribution is -0.151. The summed E-state index contributed by atoms with van der Waals surface area (Å²) < 4.78 is 16.8. The van der Waals surface area contributed by atoms with Gasteiger partial charge in [-0.25, -0.2) is 14.8 Å². The second-order valence-electron chi connectivity index (χ2n) is 10.8. The second kappa shape index (κ2) is 15.8. The molecule has 3 N–H and O–H groups in total. The molecule has 236 valence electrons. The number of fused-ring (bicyclic) bond motifs is 1. The molecule has 1 aromatic carbocycles. The molecule has 1 aliphatic carbocycles. The van der Waals surface area contributed by atoms with E-state index in [0.717, 1.165) is 37.7 Å². The number of ketones is 1. The van der Waals surface area contributed by atoms with Crippen LogP contribution in [0.1, 0.15) is 67.4 Å². The topological polar surface area (TPSA) is 185 Å². The summed E-state index contributed by atoms with van der Waals surface area (Å²) in [6, 6.07) is 8.48. The number of esters is 2. The van der Waals surface area contributed by atoms with Crippen LogP contribution in [0.15, 0.2) is 41.7 Å². The minimum atomic E-state index is -0.785. The number of alkyl carbamates (subject to hydrolysis) is 1. The molecule has 0 bridgehead atoms. The Morgan fingerprint density at radius 2 is 1.86 bits per heavy atom. The normalized spacial score (nSPS) is 15.4. The van der Waals surface area contributed by atoms with Crippen molar-refractivity contribution in [1.82, 2.24) is 19.8 Å². The molecule has 0 radical (unpaired) electrons. The standard InChI is InChI=1S/C30H38N6O8/c1-42-27(40)17-35(15-21(31)12-13-26(39)44-22-10-6-3-7-11-22)25(38)16-36-19-32-28-23(37)14-24(33-29(28)36)34-30(41)43-18-20-8-4-2-5-9-20/h2,4-5,8-9,19,21-22H,3,6-7,10-18,31H2,1H3,(H,33,34,41). The number of aromatic nitrogens is 2. The van der Waals surface area contributed by atoms with Crippen LogP contribution in [0.5, 0.6) is 0 Å². The average Bonchev–Trinajstić information content (AvgIpc) is 3.42. The maximum Gasteiger partial charge on any atom is 0.412 e. The molecule has 1 atom stereocenters. The fourth-order valence-electron chi connectivity index (χ4n) is 4.98. The van der Waals surface area contributed by atoms with Crippen molar-refractivity contribution in [3.05, 3.63) is 47.9 Å². The number of nitrogens with two attached hydrogens (primary N) is 1. The van der Waals surface area contributed by atoms with Gasteiger partial charge in [-0.3, -0.25) is 24.5 Å². The van der Waals surface area contributed by atoms with Crippen molar-refractivity contribution in [3.63, 3.8) is 0 Å². The zero-order valence-electron chi connectivity index (χ0n) is 24.7. The van der Waals surface area contributed by atoms with Gasteiger partial charge in [0.25, 0.3) is 0 Å². The molecular formula is C30H38N6O8. The van der Waals surface area contributed by atoms with Gasteiger partial charge in [-0.05, 0) is 37.7 Å². The monoisotopic (exact) mass is 610 g/mol. The van der Waals surface area contributed by atoms with E-state index in [1.807, 2.05) is 18.2 Å². The molecule has 2 heterocycles. The van der Waals surface area contributed by atoms with E-state index in [1.165, 1.54) is 22.9 Å². The molecule has 2 aromatic rings. The van der Waals surface area contributed by atoms with E-state index < -0.39 is 29.8 Å². The molecule has 1 fully saturated rings. The van der Waals surface area contributed by atoms with Gasteiger partial charge in [0, 0.05) is 19.0 Å². The number of amidine groups is 1. The zero-order chi connectivity index (χ0) is 31.5. The molecule has 1 aliphatic heterocycles. The Bertz CT molecular complexity index is 1370. The van der Waals surface area contributed by atoms with Gasteiger partial charge < -0.3 is 29.4 Å². The summed E-state index contributed by atoms with van der Waals surface area (Å²) in [7, 11) is 1.21. The van der Waals surface area contributed by atoms with Crippen LogP contribution in [0.25, 0.3) is 0 Å². The Labute approximate surface area is 254 Å². The number of hydrogen-bond donors (Lipinski definition) is 2. The van der Waals surface area contributed by atoms with Crippen molar-refractivity contribution < 1.29 is 38.2 Å². The fraction of sp³-hybridized carbons (Fsp3) is 0.500. The van der Waals surface area contributed by atoms with E-state index in [4.69, 9.17) is 19.9 Å². The predicted octanol–water partition coefficient (Wildman–Crippen LogP) is 2.41. The van der Waals surface area contributed by atoms with E-state index >= 15 is 0 Å². The highest BCUT2D eigenvalue weighted by Gasteiger charge is 2.28. The van der Waals surface area contributed by atoms with Gasteiger partial charge in [-0.15, -0.1) is 0 Å². The summed E-state index contributed by atoms with van der Waals surface area (Å²) in [5, 5.41) is 2.48. The third-order valence-electron chi connectivity index (χ3n) is 7.33. The Hall–Kier alpha value is -4.59. The molecule has 2 amide bonds. The Kier molecular flexibility index (Phi) is 11.6. The zero-order valence-corrected chi connectivity index (χ0v) is 24.7. The minimum Gasteiger partial charge on any atom is -0.468 e. The van der Waals surface area contributed by atoms with Gasteiger partial charge in [0.1, 0.15) is 31.6 Å². The summed E-state index contributed by atoms with van der Waals surface area (Å²) in [5.74, 6) is -1.76. The number of aliphatic imine (C=N–C) groups is 1. The van der Waals surface area contributed by atoms with Crippen LogP contribution in [0.2, 0.25) is 0 Å². The Balaban J connectivity index is 1.36. The number of amides is 2. The predicted molar refractivity (Wildman–Crippen MR) is 157 cm³/mol. The Morgan fingerprint density at radius 3 is 2.59 bits per heavy atom. The molecule has 0 spiro atoms. The molecule has 14 heteroatoms. The van der Waals surface area contributed by atoms with Crippen molar-refractivity contribution in [2.24, 2.45) is 10.7 Å². The number of nitrogens with one attached hydrogen (secondary N) is 1. The molecule has 44 heavy (non-hydrogen) atoms. The van der Waals surface area contributed by atoms with Gasteiger partial charge in [0.15, 0.2) is 17.3 Å². The molecule has 1 aromatic heterocycles. The first kappa shape index (κ1) is 32.3. The third-order valence-corrected chi connectivity index (χ3v) is 7.33. The molecule has 2 aliphatic rings. The minimum absolute atomic E-state index is 0.0240.